The van der Waals surface area contributed by atoms with Crippen LogP contribution in [0, 0.1) is 5.82 Å². The minimum atomic E-state index is -1.65. The van der Waals surface area contributed by atoms with Crippen LogP contribution in [0.15, 0.2) is 24.3 Å². The molecular weight excluding hydrogens is 289 g/mol. The van der Waals surface area contributed by atoms with Crippen LogP contribution in [0.4, 0.5) is 4.39 Å². The molecular formula is C16H22FNO4. The Hall–Kier alpha value is -1.95. The molecule has 0 aliphatic carbocycles. The average molecular weight is 311 g/mol. The zero-order valence-electron chi connectivity index (χ0n) is 13.1. The monoisotopic (exact) mass is 311 g/mol. The summed E-state index contributed by atoms with van der Waals surface area (Å²) in [4.78, 5) is 23.7. The number of ether oxygens (including phenoxy) is 1. The Morgan fingerprint density at radius 1 is 1.36 bits per heavy atom. The number of hydrogen-bond donors (Lipinski definition) is 2. The van der Waals surface area contributed by atoms with Gasteiger partial charge in [0.25, 0.3) is 0 Å². The van der Waals surface area contributed by atoms with Gasteiger partial charge in [0.1, 0.15) is 11.9 Å². The molecule has 2 N–H and O–H groups in total. The Morgan fingerprint density at radius 3 is 2.45 bits per heavy atom. The van der Waals surface area contributed by atoms with Crippen LogP contribution >= 0.6 is 0 Å². The van der Waals surface area contributed by atoms with Gasteiger partial charge in [0.15, 0.2) is 5.54 Å². The number of nitrogens with one attached hydrogen (secondary N) is 1. The van der Waals surface area contributed by atoms with E-state index >= 15 is 0 Å². The molecule has 22 heavy (non-hydrogen) atoms. The third kappa shape index (κ3) is 4.53. The zero-order chi connectivity index (χ0) is 16.8. The van der Waals surface area contributed by atoms with Crippen molar-refractivity contribution in [2.75, 3.05) is 6.61 Å². The lowest BCUT2D eigenvalue weighted by atomic mass is 9.91. The molecule has 122 valence electrons. The number of amides is 1. The molecule has 2 unspecified atom stereocenters. The number of carbonyl (C=O) groups excluding carboxylic acids is 1. The molecule has 0 aliphatic heterocycles. The number of unbranched alkanes of at least 4 members (excludes halogenated alkanes) is 1. The number of carboxylic acid groups (broad SMARTS) is 1. The van der Waals surface area contributed by atoms with E-state index < -0.39 is 29.3 Å². The van der Waals surface area contributed by atoms with Crippen LogP contribution in [0.5, 0.6) is 0 Å². The molecule has 6 heteroatoms. The van der Waals surface area contributed by atoms with Gasteiger partial charge in [0.05, 0.1) is 0 Å². The molecule has 0 saturated carbocycles. The molecule has 1 aromatic carbocycles. The topological polar surface area (TPSA) is 75.6 Å². The second kappa shape index (κ2) is 7.89. The Labute approximate surface area is 129 Å². The summed E-state index contributed by atoms with van der Waals surface area (Å²) in [6.07, 6.45) is 1.01. The molecule has 2 atom stereocenters. The van der Waals surface area contributed by atoms with Gasteiger partial charge in [-0.05, 0) is 38.0 Å². The van der Waals surface area contributed by atoms with E-state index in [0.29, 0.717) is 6.61 Å². The highest BCUT2D eigenvalue weighted by atomic mass is 19.1. The Balaban J connectivity index is 2.85. The predicted octanol–water partition coefficient (Wildman–Crippen LogP) is 2.45. The zero-order valence-corrected chi connectivity index (χ0v) is 13.1. The molecule has 5 nitrogen and oxygen atoms in total. The normalized spacial score (nSPS) is 14.9. The van der Waals surface area contributed by atoms with Crippen molar-refractivity contribution < 1.29 is 23.8 Å². The molecule has 0 fully saturated rings. The number of halogens is 1. The van der Waals surface area contributed by atoms with Gasteiger partial charge in [-0.25, -0.2) is 9.18 Å². The van der Waals surface area contributed by atoms with E-state index in [-0.39, 0.29) is 5.56 Å². The van der Waals surface area contributed by atoms with Gasteiger partial charge in [0, 0.05) is 6.61 Å². The summed E-state index contributed by atoms with van der Waals surface area (Å²) in [5.74, 6) is -2.22. The smallest absolute Gasteiger partial charge is 0.333 e. The Morgan fingerprint density at radius 2 is 1.95 bits per heavy atom. The number of hydrogen-bond acceptors (Lipinski definition) is 3. The molecule has 0 aromatic heterocycles. The van der Waals surface area contributed by atoms with Crippen molar-refractivity contribution in [2.24, 2.45) is 0 Å². The van der Waals surface area contributed by atoms with Crippen molar-refractivity contribution in [3.05, 3.63) is 35.6 Å². The van der Waals surface area contributed by atoms with Crippen molar-refractivity contribution >= 4 is 11.9 Å². The van der Waals surface area contributed by atoms with Crippen molar-refractivity contribution in [1.29, 1.82) is 0 Å². The maximum Gasteiger partial charge on any atom is 0.333 e. The highest BCUT2D eigenvalue weighted by Crippen LogP contribution is 2.22. The highest BCUT2D eigenvalue weighted by Gasteiger charge is 2.38. The van der Waals surface area contributed by atoms with Crippen molar-refractivity contribution in [1.82, 2.24) is 5.32 Å². The van der Waals surface area contributed by atoms with Gasteiger partial charge in [-0.15, -0.1) is 0 Å². The first-order chi connectivity index (χ1) is 10.3. The molecule has 1 aromatic rings. The number of benzene rings is 1. The van der Waals surface area contributed by atoms with E-state index in [1.807, 2.05) is 6.92 Å². The summed E-state index contributed by atoms with van der Waals surface area (Å²) >= 11 is 0. The fraction of sp³-hybridized carbons (Fsp3) is 0.500. The lowest BCUT2D eigenvalue weighted by molar-refractivity contribution is -0.149. The molecule has 0 spiro atoms. The second-order valence-corrected chi connectivity index (χ2v) is 5.29. The van der Waals surface area contributed by atoms with E-state index in [2.05, 4.69) is 5.32 Å². The third-order valence-corrected chi connectivity index (χ3v) is 3.46. The van der Waals surface area contributed by atoms with Crippen molar-refractivity contribution in [3.63, 3.8) is 0 Å². The summed E-state index contributed by atoms with van der Waals surface area (Å²) in [7, 11) is 0. The van der Waals surface area contributed by atoms with Gasteiger partial charge in [-0.3, -0.25) is 4.79 Å². The molecule has 0 heterocycles. The fourth-order valence-corrected chi connectivity index (χ4v) is 1.86. The summed E-state index contributed by atoms with van der Waals surface area (Å²) in [6.45, 7) is 5.37. The lowest BCUT2D eigenvalue weighted by Crippen LogP contribution is -2.52. The molecule has 0 saturated heterocycles. The van der Waals surface area contributed by atoms with E-state index in [4.69, 9.17) is 4.74 Å². The lowest BCUT2D eigenvalue weighted by Gasteiger charge is -2.28. The van der Waals surface area contributed by atoms with Crippen LogP contribution in [-0.2, 0) is 19.9 Å². The number of aliphatic carboxylic acids is 1. The number of carbonyl (C=O) groups is 2. The molecule has 0 bridgehead atoms. The summed E-state index contributed by atoms with van der Waals surface area (Å²) in [6, 6.07) is 4.99. The van der Waals surface area contributed by atoms with Crippen LogP contribution in [0.25, 0.3) is 0 Å². The summed E-state index contributed by atoms with van der Waals surface area (Å²) < 4.78 is 18.3. The van der Waals surface area contributed by atoms with Gasteiger partial charge < -0.3 is 15.2 Å². The van der Waals surface area contributed by atoms with Gasteiger partial charge in [-0.2, -0.15) is 0 Å². The van der Waals surface area contributed by atoms with E-state index in [0.717, 1.165) is 25.0 Å². The number of rotatable bonds is 8. The molecule has 1 amide bonds. The van der Waals surface area contributed by atoms with Crippen LogP contribution in [-0.4, -0.2) is 29.7 Å². The minimum absolute atomic E-state index is 0.288. The largest absolute Gasteiger partial charge is 0.479 e. The maximum absolute atomic E-state index is 13.0. The van der Waals surface area contributed by atoms with Crippen LogP contribution in [0.2, 0.25) is 0 Å². The summed E-state index contributed by atoms with van der Waals surface area (Å²) in [5.41, 5.74) is -1.36. The van der Waals surface area contributed by atoms with E-state index in [9.17, 15) is 19.1 Å². The average Bonchev–Trinajstić information content (AvgIpc) is 2.47. The third-order valence-electron chi connectivity index (χ3n) is 3.46. The first-order valence-corrected chi connectivity index (χ1v) is 7.24. The van der Waals surface area contributed by atoms with E-state index in [1.54, 1.807) is 6.92 Å². The van der Waals surface area contributed by atoms with Crippen LogP contribution < -0.4 is 5.32 Å². The molecule has 0 radical (unpaired) electrons. The highest BCUT2D eigenvalue weighted by molar-refractivity contribution is 5.89. The maximum atomic E-state index is 13.0. The van der Waals surface area contributed by atoms with E-state index in [1.165, 1.54) is 19.1 Å². The summed E-state index contributed by atoms with van der Waals surface area (Å²) in [5, 5.41) is 11.9. The predicted molar refractivity (Wildman–Crippen MR) is 79.9 cm³/mol. The fourth-order valence-electron chi connectivity index (χ4n) is 1.86. The quantitative estimate of drug-likeness (QED) is 0.723. The second-order valence-electron chi connectivity index (χ2n) is 5.29. The van der Waals surface area contributed by atoms with Gasteiger partial charge in [-0.1, -0.05) is 25.5 Å². The molecule has 0 aliphatic rings. The van der Waals surface area contributed by atoms with Crippen molar-refractivity contribution in [2.45, 2.75) is 45.3 Å². The van der Waals surface area contributed by atoms with Gasteiger partial charge in [0.2, 0.25) is 5.91 Å². The Kier molecular flexibility index (Phi) is 6.49. The Bertz CT molecular complexity index is 517. The van der Waals surface area contributed by atoms with Crippen LogP contribution in [0.1, 0.15) is 39.2 Å². The van der Waals surface area contributed by atoms with Gasteiger partial charge >= 0.3 is 5.97 Å². The minimum Gasteiger partial charge on any atom is -0.479 e. The first-order valence-electron chi connectivity index (χ1n) is 7.24. The molecule has 1 rings (SSSR count). The van der Waals surface area contributed by atoms with Crippen molar-refractivity contribution in [3.8, 4) is 0 Å². The SMILES string of the molecule is CCCCOC(C)C(=O)NC(C)(C(=O)O)c1ccc(F)cc1. The van der Waals surface area contributed by atoms with Crippen LogP contribution in [0.3, 0.4) is 0 Å². The number of carboxylic acids is 1. The standard InChI is InChI=1S/C16H22FNO4/c1-4-5-10-22-11(2)14(19)18-16(3,15(20)21)12-6-8-13(17)9-7-12/h6-9,11H,4-5,10H2,1-3H3,(H,18,19)(H,20,21). The first kappa shape index (κ1) is 18.1.